The van der Waals surface area contributed by atoms with Gasteiger partial charge in [0.15, 0.2) is 0 Å². The van der Waals surface area contributed by atoms with E-state index in [1.54, 1.807) is 48.3 Å². The molecule has 2 aromatic heterocycles. The van der Waals surface area contributed by atoms with E-state index in [-0.39, 0.29) is 16.6 Å². The van der Waals surface area contributed by atoms with Gasteiger partial charge in [0.2, 0.25) is 5.95 Å². The second kappa shape index (κ2) is 11.5. The first-order valence-electron chi connectivity index (χ1n) is 13.9. The number of anilines is 3. The molecule has 1 aliphatic heterocycles. The molecule has 0 aliphatic carbocycles. The van der Waals surface area contributed by atoms with Crippen molar-refractivity contribution in [3.63, 3.8) is 0 Å². The minimum absolute atomic E-state index is 0.152. The normalized spacial score (nSPS) is 15.4. The van der Waals surface area contributed by atoms with Crippen molar-refractivity contribution in [1.29, 1.82) is 0 Å². The van der Waals surface area contributed by atoms with Crippen LogP contribution >= 0.6 is 0 Å². The number of rotatable bonds is 7. The molecule has 3 heterocycles. The molecular formula is C32H32N6O4S. The predicted molar refractivity (Wildman–Crippen MR) is 169 cm³/mol. The highest BCUT2D eigenvalue weighted by atomic mass is 32.2. The Morgan fingerprint density at radius 2 is 1.67 bits per heavy atom. The summed E-state index contributed by atoms with van der Waals surface area (Å²) in [7, 11) is 1.72. The third kappa shape index (κ3) is 5.69. The van der Waals surface area contributed by atoms with Gasteiger partial charge in [0.25, 0.3) is 15.6 Å². The Kier molecular flexibility index (Phi) is 7.59. The first-order valence-corrected chi connectivity index (χ1v) is 15.4. The van der Waals surface area contributed by atoms with E-state index in [1.165, 1.54) is 6.07 Å². The van der Waals surface area contributed by atoms with Gasteiger partial charge >= 0.3 is 0 Å². The summed E-state index contributed by atoms with van der Waals surface area (Å²) in [6.07, 6.45) is 3.06. The molecule has 1 saturated heterocycles. The highest BCUT2D eigenvalue weighted by Crippen LogP contribution is 2.32. The van der Waals surface area contributed by atoms with Crippen LogP contribution in [-0.4, -0.2) is 56.7 Å². The topological polar surface area (TPSA) is 110 Å². The number of morpholine rings is 1. The fraction of sp³-hybridized carbons (Fsp3) is 0.219. The maximum Gasteiger partial charge on any atom is 0.262 e. The Balaban J connectivity index is 1.22. The summed E-state index contributed by atoms with van der Waals surface area (Å²) in [6, 6.07) is 23.3. The number of nitrogens with one attached hydrogen (secondary N) is 1. The molecule has 3 aromatic carbocycles. The molecule has 0 saturated carbocycles. The van der Waals surface area contributed by atoms with Crippen molar-refractivity contribution in [3.8, 4) is 11.3 Å². The van der Waals surface area contributed by atoms with Gasteiger partial charge in [-0.3, -0.25) is 19.1 Å². The zero-order chi connectivity index (χ0) is 30.1. The zero-order valence-corrected chi connectivity index (χ0v) is 25.0. The summed E-state index contributed by atoms with van der Waals surface area (Å²) in [5.41, 5.74) is 3.54. The minimum Gasteiger partial charge on any atom is -0.377 e. The van der Waals surface area contributed by atoms with Gasteiger partial charge in [0, 0.05) is 73.9 Å². The fourth-order valence-corrected chi connectivity index (χ4v) is 6.66. The minimum atomic E-state index is -3.85. The molecule has 1 atom stereocenters. The number of ether oxygens (including phenoxy) is 1. The molecule has 6 rings (SSSR count). The molecule has 11 heteroatoms. The van der Waals surface area contributed by atoms with Gasteiger partial charge < -0.3 is 14.5 Å². The van der Waals surface area contributed by atoms with Gasteiger partial charge in [0.1, 0.15) is 6.10 Å². The molecule has 0 amide bonds. The summed E-state index contributed by atoms with van der Waals surface area (Å²) in [5, 5.41) is 1.52. The number of aromatic nitrogens is 3. The Hall–Kier alpha value is -4.74. The van der Waals surface area contributed by atoms with Gasteiger partial charge in [-0.05, 0) is 42.0 Å². The van der Waals surface area contributed by atoms with Crippen molar-refractivity contribution in [3.05, 3.63) is 107 Å². The molecule has 220 valence electrons. The Morgan fingerprint density at radius 1 is 0.953 bits per heavy atom. The summed E-state index contributed by atoms with van der Waals surface area (Å²) >= 11 is 0. The third-order valence-electron chi connectivity index (χ3n) is 7.60. The van der Waals surface area contributed by atoms with Crippen LogP contribution in [0, 0.1) is 0 Å². The zero-order valence-electron chi connectivity index (χ0n) is 24.1. The van der Waals surface area contributed by atoms with Crippen LogP contribution in [0.25, 0.3) is 22.0 Å². The highest BCUT2D eigenvalue weighted by molar-refractivity contribution is 7.93. The van der Waals surface area contributed by atoms with E-state index >= 15 is 0 Å². The molecule has 5 aromatic rings. The lowest BCUT2D eigenvalue weighted by atomic mass is 10.1. The van der Waals surface area contributed by atoms with Gasteiger partial charge in [-0.15, -0.1) is 0 Å². The first kappa shape index (κ1) is 28.4. The first-order chi connectivity index (χ1) is 20.7. The molecule has 0 unspecified atom stereocenters. The van der Waals surface area contributed by atoms with E-state index in [0.717, 1.165) is 22.2 Å². The number of benzene rings is 3. The van der Waals surface area contributed by atoms with E-state index in [2.05, 4.69) is 9.71 Å². The molecule has 43 heavy (non-hydrogen) atoms. The molecule has 1 N–H and O–H groups in total. The van der Waals surface area contributed by atoms with Crippen molar-refractivity contribution in [2.45, 2.75) is 11.0 Å². The average Bonchev–Trinajstić information content (AvgIpc) is 3.02. The van der Waals surface area contributed by atoms with E-state index < -0.39 is 10.0 Å². The third-order valence-corrected chi connectivity index (χ3v) is 9.04. The number of hydrogen-bond acceptors (Lipinski definition) is 8. The molecule has 0 bridgehead atoms. The number of fused-ring (bicyclic) bond motifs is 1. The molecule has 1 aliphatic rings. The average molecular weight is 597 g/mol. The standard InChI is InChI=1S/C32H32N6O4S/c1-36(2)28-8-4-7-26-25(28)6-5-9-30(26)43(40,41)35-24-12-10-23(11-13-24)29-21-38(18-19-42-29)32-34-27(20-31(39)37(32)3)22-14-16-33-17-15-22/h4-17,20,29,35H,18-19,21H2,1-3H3/t29-/m1/s1. The van der Waals surface area contributed by atoms with Gasteiger partial charge in [0.05, 0.1) is 23.7 Å². The Bertz CT molecular complexity index is 1940. The van der Waals surface area contributed by atoms with E-state index in [1.807, 2.05) is 72.4 Å². The monoisotopic (exact) mass is 596 g/mol. The van der Waals surface area contributed by atoms with Crippen molar-refractivity contribution >= 4 is 38.1 Å². The van der Waals surface area contributed by atoms with Crippen molar-refractivity contribution in [2.24, 2.45) is 7.05 Å². The van der Waals surface area contributed by atoms with Crippen LogP contribution in [-0.2, 0) is 21.8 Å². The number of hydrogen-bond donors (Lipinski definition) is 1. The second-order valence-electron chi connectivity index (χ2n) is 10.6. The Labute approximate surface area is 250 Å². The van der Waals surface area contributed by atoms with Gasteiger partial charge in [-0.1, -0.05) is 36.4 Å². The number of pyridine rings is 1. The van der Waals surface area contributed by atoms with Gasteiger partial charge in [-0.25, -0.2) is 13.4 Å². The lowest BCUT2D eigenvalue weighted by molar-refractivity contribution is 0.0390. The van der Waals surface area contributed by atoms with E-state index in [9.17, 15) is 13.2 Å². The predicted octanol–water partition coefficient (Wildman–Crippen LogP) is 4.44. The summed E-state index contributed by atoms with van der Waals surface area (Å²) in [4.78, 5) is 25.9. The van der Waals surface area contributed by atoms with Crippen LogP contribution in [0.3, 0.4) is 0 Å². The Morgan fingerprint density at radius 3 is 2.42 bits per heavy atom. The lowest BCUT2D eigenvalue weighted by Gasteiger charge is -2.34. The smallest absolute Gasteiger partial charge is 0.262 e. The molecule has 1 fully saturated rings. The quantitative estimate of drug-likeness (QED) is 0.294. The van der Waals surface area contributed by atoms with Crippen molar-refractivity contribution in [1.82, 2.24) is 14.5 Å². The van der Waals surface area contributed by atoms with Crippen LogP contribution in [0.5, 0.6) is 0 Å². The second-order valence-corrected chi connectivity index (χ2v) is 12.3. The van der Waals surface area contributed by atoms with Crippen LogP contribution in [0.2, 0.25) is 0 Å². The van der Waals surface area contributed by atoms with Gasteiger partial charge in [-0.2, -0.15) is 0 Å². The van der Waals surface area contributed by atoms with Crippen LogP contribution in [0.15, 0.2) is 101 Å². The lowest BCUT2D eigenvalue weighted by Crippen LogP contribution is -2.41. The van der Waals surface area contributed by atoms with Crippen LogP contribution in [0.1, 0.15) is 11.7 Å². The van der Waals surface area contributed by atoms with Crippen LogP contribution < -0.4 is 20.1 Å². The van der Waals surface area contributed by atoms with E-state index in [0.29, 0.717) is 42.4 Å². The summed E-state index contributed by atoms with van der Waals surface area (Å²) < 4.78 is 37.3. The molecule has 10 nitrogen and oxygen atoms in total. The maximum absolute atomic E-state index is 13.5. The number of sulfonamides is 1. The molecule has 0 spiro atoms. The summed E-state index contributed by atoms with van der Waals surface area (Å²) in [6.45, 7) is 1.51. The highest BCUT2D eigenvalue weighted by Gasteiger charge is 2.26. The van der Waals surface area contributed by atoms with Crippen molar-refractivity contribution < 1.29 is 13.2 Å². The molecular weight excluding hydrogens is 564 g/mol. The SMILES string of the molecule is CN(C)c1cccc2c(S(=O)(=O)Nc3ccc([C@H]4CN(c5nc(-c6ccncc6)cc(=O)n5C)CCO4)cc3)cccc12. The number of nitrogens with zero attached hydrogens (tertiary/aromatic N) is 5. The van der Waals surface area contributed by atoms with Crippen molar-refractivity contribution in [2.75, 3.05) is 48.3 Å². The van der Waals surface area contributed by atoms with Crippen LogP contribution in [0.4, 0.5) is 17.3 Å². The fourth-order valence-electron chi connectivity index (χ4n) is 5.38. The maximum atomic E-state index is 13.5. The largest absolute Gasteiger partial charge is 0.377 e. The molecule has 0 radical (unpaired) electrons. The van der Waals surface area contributed by atoms with E-state index in [4.69, 9.17) is 9.72 Å². The summed E-state index contributed by atoms with van der Waals surface area (Å²) in [5.74, 6) is 0.560.